The van der Waals surface area contributed by atoms with E-state index >= 15 is 0 Å². The fourth-order valence-corrected chi connectivity index (χ4v) is 3.00. The van der Waals surface area contributed by atoms with Crippen LogP contribution in [0.3, 0.4) is 0 Å². The number of thiazole rings is 1. The summed E-state index contributed by atoms with van der Waals surface area (Å²) in [6, 6.07) is 7.57. The van der Waals surface area contributed by atoms with E-state index in [0.717, 1.165) is 17.0 Å². The highest BCUT2D eigenvalue weighted by atomic mass is 32.1. The van der Waals surface area contributed by atoms with Gasteiger partial charge in [0.2, 0.25) is 0 Å². The number of aliphatic hydroxyl groups is 1. The van der Waals surface area contributed by atoms with E-state index in [4.69, 9.17) is 4.74 Å². The average molecular weight is 289 g/mol. The van der Waals surface area contributed by atoms with Crippen molar-refractivity contribution in [3.05, 3.63) is 45.9 Å². The molecular formula is C16H19NO2S. The minimum atomic E-state index is -0.813. The van der Waals surface area contributed by atoms with E-state index in [1.54, 1.807) is 25.2 Å². The average Bonchev–Trinajstić information content (AvgIpc) is 3.15. The second kappa shape index (κ2) is 5.19. The van der Waals surface area contributed by atoms with Gasteiger partial charge in [0.05, 0.1) is 16.3 Å². The quantitative estimate of drug-likeness (QED) is 0.909. The number of benzene rings is 1. The van der Waals surface area contributed by atoms with Gasteiger partial charge < -0.3 is 9.84 Å². The molecule has 1 aromatic carbocycles. The van der Waals surface area contributed by atoms with Crippen LogP contribution < -0.4 is 4.74 Å². The molecule has 3 nitrogen and oxygen atoms in total. The molecule has 0 spiro atoms. The topological polar surface area (TPSA) is 42.4 Å². The molecule has 0 aliphatic heterocycles. The first-order valence-corrected chi connectivity index (χ1v) is 7.80. The summed E-state index contributed by atoms with van der Waals surface area (Å²) >= 11 is 1.74. The van der Waals surface area contributed by atoms with E-state index in [9.17, 15) is 5.11 Å². The highest BCUT2D eigenvalue weighted by Crippen LogP contribution is 2.41. The molecule has 0 atom stereocenters. The van der Waals surface area contributed by atoms with Gasteiger partial charge in [-0.1, -0.05) is 12.1 Å². The molecular weight excluding hydrogens is 270 g/mol. The van der Waals surface area contributed by atoms with Gasteiger partial charge in [0.25, 0.3) is 0 Å². The number of nitrogens with zero attached hydrogens (tertiary/aromatic N) is 1. The molecule has 0 bridgehead atoms. The summed E-state index contributed by atoms with van der Waals surface area (Å²) in [5.41, 5.74) is 1.07. The minimum Gasteiger partial charge on any atom is -0.487 e. The van der Waals surface area contributed by atoms with Gasteiger partial charge >= 0.3 is 0 Å². The van der Waals surface area contributed by atoms with Gasteiger partial charge in [-0.2, -0.15) is 0 Å². The van der Waals surface area contributed by atoms with Crippen molar-refractivity contribution in [2.45, 2.75) is 44.8 Å². The molecule has 1 fully saturated rings. The molecule has 1 heterocycles. The molecule has 0 amide bonds. The molecule has 2 aromatic rings. The maximum absolute atomic E-state index is 9.90. The van der Waals surface area contributed by atoms with Crippen molar-refractivity contribution in [3.8, 4) is 5.75 Å². The first kappa shape index (κ1) is 13.6. The van der Waals surface area contributed by atoms with Gasteiger partial charge in [-0.3, -0.25) is 0 Å². The van der Waals surface area contributed by atoms with Crippen molar-refractivity contribution in [2.75, 3.05) is 0 Å². The molecule has 1 aliphatic carbocycles. The first-order valence-electron chi connectivity index (χ1n) is 6.92. The predicted octanol–water partition coefficient (Wildman–Crippen LogP) is 3.83. The molecule has 1 aromatic heterocycles. The van der Waals surface area contributed by atoms with E-state index < -0.39 is 5.60 Å². The smallest absolute Gasteiger partial charge is 0.131 e. The summed E-state index contributed by atoms with van der Waals surface area (Å²) in [7, 11) is 0. The van der Waals surface area contributed by atoms with Crippen LogP contribution in [0.15, 0.2) is 29.6 Å². The maximum atomic E-state index is 9.90. The monoisotopic (exact) mass is 289 g/mol. The Kier molecular flexibility index (Phi) is 3.52. The zero-order valence-electron chi connectivity index (χ0n) is 11.8. The third kappa shape index (κ3) is 3.19. The van der Waals surface area contributed by atoms with Crippen LogP contribution in [0.2, 0.25) is 0 Å². The number of rotatable bonds is 5. The van der Waals surface area contributed by atoms with E-state index in [1.807, 2.05) is 24.3 Å². The fraction of sp³-hybridized carbons (Fsp3) is 0.438. The Morgan fingerprint density at radius 3 is 2.60 bits per heavy atom. The van der Waals surface area contributed by atoms with Gasteiger partial charge in [0, 0.05) is 11.3 Å². The highest BCUT2D eigenvalue weighted by molar-refractivity contribution is 7.09. The van der Waals surface area contributed by atoms with Crippen LogP contribution in [-0.2, 0) is 12.2 Å². The lowest BCUT2D eigenvalue weighted by Crippen LogP contribution is -2.14. The zero-order valence-corrected chi connectivity index (χ0v) is 12.6. The molecule has 1 saturated carbocycles. The molecule has 1 aliphatic rings. The van der Waals surface area contributed by atoms with Crippen LogP contribution >= 0.6 is 11.3 Å². The number of aromatic nitrogens is 1. The van der Waals surface area contributed by atoms with Crippen LogP contribution in [0.1, 0.15) is 48.9 Å². The Hall–Kier alpha value is -1.39. The second-order valence-electron chi connectivity index (χ2n) is 5.82. The van der Waals surface area contributed by atoms with Crippen LogP contribution in [0.5, 0.6) is 5.75 Å². The van der Waals surface area contributed by atoms with Crippen LogP contribution in [-0.4, -0.2) is 10.1 Å². The predicted molar refractivity (Wildman–Crippen MR) is 80.1 cm³/mol. The van der Waals surface area contributed by atoms with Gasteiger partial charge in [-0.15, -0.1) is 11.3 Å². The van der Waals surface area contributed by atoms with E-state index in [-0.39, 0.29) is 0 Å². The molecule has 0 saturated heterocycles. The summed E-state index contributed by atoms with van der Waals surface area (Å²) < 4.78 is 5.74. The first-order chi connectivity index (χ1) is 9.52. The van der Waals surface area contributed by atoms with Crippen LogP contribution in [0, 0.1) is 0 Å². The standard InChI is InChI=1S/C16H19NO2S/c1-16(2,18)12-5-7-14(8-6-12)19-9-13-10-20-15(17-13)11-3-4-11/h5-8,10-11,18H,3-4,9H2,1-2H3. The van der Waals surface area contributed by atoms with Gasteiger partial charge in [-0.25, -0.2) is 4.98 Å². The van der Waals surface area contributed by atoms with Crippen molar-refractivity contribution in [3.63, 3.8) is 0 Å². The van der Waals surface area contributed by atoms with Crippen molar-refractivity contribution < 1.29 is 9.84 Å². The summed E-state index contributed by atoms with van der Waals surface area (Å²) in [5.74, 6) is 1.51. The van der Waals surface area contributed by atoms with Crippen LogP contribution in [0.4, 0.5) is 0 Å². The van der Waals surface area contributed by atoms with Crippen LogP contribution in [0.25, 0.3) is 0 Å². The Balaban J connectivity index is 1.59. The molecule has 1 N–H and O–H groups in total. The number of hydrogen-bond acceptors (Lipinski definition) is 4. The second-order valence-corrected chi connectivity index (χ2v) is 6.71. The Bertz CT molecular complexity index is 579. The normalized spacial score (nSPS) is 15.3. The lowest BCUT2D eigenvalue weighted by atomic mass is 9.99. The summed E-state index contributed by atoms with van der Waals surface area (Å²) in [5, 5.41) is 13.2. The Morgan fingerprint density at radius 1 is 1.30 bits per heavy atom. The van der Waals surface area contributed by atoms with Crippen molar-refractivity contribution in [1.29, 1.82) is 0 Å². The van der Waals surface area contributed by atoms with Crippen molar-refractivity contribution >= 4 is 11.3 Å². The molecule has 0 radical (unpaired) electrons. The van der Waals surface area contributed by atoms with Gasteiger partial charge in [0.15, 0.2) is 0 Å². The third-order valence-corrected chi connectivity index (χ3v) is 4.50. The van der Waals surface area contributed by atoms with E-state index in [0.29, 0.717) is 12.5 Å². The molecule has 0 unspecified atom stereocenters. The molecule has 4 heteroatoms. The Morgan fingerprint density at radius 2 is 2.00 bits per heavy atom. The minimum absolute atomic E-state index is 0.505. The number of ether oxygens (including phenoxy) is 1. The largest absolute Gasteiger partial charge is 0.487 e. The van der Waals surface area contributed by atoms with E-state index in [2.05, 4.69) is 10.4 Å². The maximum Gasteiger partial charge on any atom is 0.131 e. The summed E-state index contributed by atoms with van der Waals surface area (Å²) in [6.07, 6.45) is 2.57. The van der Waals surface area contributed by atoms with Gasteiger partial charge in [0.1, 0.15) is 12.4 Å². The molecule has 3 rings (SSSR count). The molecule has 106 valence electrons. The number of hydrogen-bond donors (Lipinski definition) is 1. The van der Waals surface area contributed by atoms with Crippen molar-refractivity contribution in [2.24, 2.45) is 0 Å². The zero-order chi connectivity index (χ0) is 14.2. The van der Waals surface area contributed by atoms with Crippen molar-refractivity contribution in [1.82, 2.24) is 4.98 Å². The van der Waals surface area contributed by atoms with Gasteiger partial charge in [-0.05, 0) is 44.4 Å². The SMILES string of the molecule is CC(C)(O)c1ccc(OCc2csc(C3CC3)n2)cc1. The third-order valence-electron chi connectivity index (χ3n) is 3.44. The Labute approximate surface area is 123 Å². The lowest BCUT2D eigenvalue weighted by molar-refractivity contribution is 0.0785. The lowest BCUT2D eigenvalue weighted by Gasteiger charge is -2.17. The highest BCUT2D eigenvalue weighted by Gasteiger charge is 2.26. The summed E-state index contributed by atoms with van der Waals surface area (Å²) in [6.45, 7) is 4.06. The molecule has 20 heavy (non-hydrogen) atoms. The van der Waals surface area contributed by atoms with E-state index in [1.165, 1.54) is 17.8 Å². The fourth-order valence-electron chi connectivity index (χ4n) is 2.02. The summed E-state index contributed by atoms with van der Waals surface area (Å²) in [4.78, 5) is 4.60.